The van der Waals surface area contributed by atoms with Crippen LogP contribution >= 0.6 is 11.3 Å². The minimum Gasteiger partial charge on any atom is -0.302 e. The molecule has 3 atom stereocenters. The molecule has 1 aromatic rings. The first-order valence-electron chi connectivity index (χ1n) is 5.53. The van der Waals surface area contributed by atoms with Gasteiger partial charge in [0.15, 0.2) is 5.13 Å². The van der Waals surface area contributed by atoms with Crippen LogP contribution in [0, 0.1) is 17.8 Å². The van der Waals surface area contributed by atoms with Crippen LogP contribution < -0.4 is 5.32 Å². The summed E-state index contributed by atoms with van der Waals surface area (Å²) in [7, 11) is 0. The van der Waals surface area contributed by atoms with Gasteiger partial charge in [0.1, 0.15) is 0 Å². The van der Waals surface area contributed by atoms with Gasteiger partial charge in [-0.3, -0.25) is 4.79 Å². The zero-order chi connectivity index (χ0) is 10.3. The second-order valence-electron chi connectivity index (χ2n) is 4.61. The van der Waals surface area contributed by atoms with Crippen molar-refractivity contribution in [3.8, 4) is 0 Å². The Morgan fingerprint density at radius 3 is 3.00 bits per heavy atom. The number of hydrogen-bond donors (Lipinski definition) is 1. The minimum absolute atomic E-state index is 0.192. The van der Waals surface area contributed by atoms with Crippen LogP contribution in [0.25, 0.3) is 0 Å². The van der Waals surface area contributed by atoms with Gasteiger partial charge in [0.2, 0.25) is 5.91 Å². The van der Waals surface area contributed by atoms with E-state index in [-0.39, 0.29) is 11.8 Å². The molecule has 1 amide bonds. The number of thiazole rings is 1. The maximum absolute atomic E-state index is 12.0. The van der Waals surface area contributed by atoms with Gasteiger partial charge in [-0.25, -0.2) is 4.98 Å². The SMILES string of the molecule is O=C(Nc1nccs1)[C@H]1C[C@H]2CC[C@@H]1C2. The molecule has 80 valence electrons. The van der Waals surface area contributed by atoms with E-state index in [9.17, 15) is 4.79 Å². The van der Waals surface area contributed by atoms with Crippen molar-refractivity contribution >= 4 is 22.4 Å². The number of nitrogens with zero attached hydrogens (tertiary/aromatic N) is 1. The van der Waals surface area contributed by atoms with Gasteiger partial charge in [0, 0.05) is 17.5 Å². The lowest BCUT2D eigenvalue weighted by Gasteiger charge is -2.19. The quantitative estimate of drug-likeness (QED) is 0.835. The van der Waals surface area contributed by atoms with Crippen LogP contribution in [0.4, 0.5) is 5.13 Å². The number of aromatic nitrogens is 1. The molecule has 15 heavy (non-hydrogen) atoms. The summed E-state index contributed by atoms with van der Waals surface area (Å²) in [6.07, 6.45) is 6.69. The summed E-state index contributed by atoms with van der Waals surface area (Å²) in [5, 5.41) is 5.54. The van der Waals surface area contributed by atoms with Gasteiger partial charge in [0.05, 0.1) is 0 Å². The first-order chi connectivity index (χ1) is 7.33. The van der Waals surface area contributed by atoms with E-state index in [1.165, 1.54) is 30.6 Å². The van der Waals surface area contributed by atoms with Crippen LogP contribution in [0.1, 0.15) is 25.7 Å². The normalized spacial score (nSPS) is 33.2. The molecule has 0 unspecified atom stereocenters. The summed E-state index contributed by atoms with van der Waals surface area (Å²) in [6.45, 7) is 0. The van der Waals surface area contributed by atoms with Crippen LogP contribution in [0.5, 0.6) is 0 Å². The van der Waals surface area contributed by atoms with Crippen molar-refractivity contribution in [3.63, 3.8) is 0 Å². The minimum atomic E-state index is 0.192. The van der Waals surface area contributed by atoms with E-state index in [2.05, 4.69) is 10.3 Å². The maximum atomic E-state index is 12.0. The first kappa shape index (κ1) is 9.33. The number of amides is 1. The summed E-state index contributed by atoms with van der Waals surface area (Å²) in [6, 6.07) is 0. The molecular weight excluding hydrogens is 208 g/mol. The van der Waals surface area contributed by atoms with Gasteiger partial charge in [-0.2, -0.15) is 0 Å². The fourth-order valence-electron chi connectivity index (χ4n) is 3.05. The molecule has 1 aromatic heterocycles. The third-order valence-corrected chi connectivity index (χ3v) is 4.43. The number of fused-ring (bicyclic) bond motifs is 2. The molecule has 1 N–H and O–H groups in total. The molecule has 2 aliphatic carbocycles. The third kappa shape index (κ3) is 1.67. The average Bonchev–Trinajstić information content (AvgIpc) is 2.93. The van der Waals surface area contributed by atoms with E-state index in [1.54, 1.807) is 6.20 Å². The standard InChI is InChI=1S/C11H14N2OS/c14-10(13-11-12-3-4-15-11)9-6-7-1-2-8(9)5-7/h3-4,7-9H,1-2,5-6H2,(H,12,13,14)/t7-,8+,9-/m0/s1. The molecule has 2 saturated carbocycles. The van der Waals surface area contributed by atoms with Crippen LogP contribution in [-0.4, -0.2) is 10.9 Å². The molecule has 2 bridgehead atoms. The summed E-state index contributed by atoms with van der Waals surface area (Å²) in [4.78, 5) is 16.0. The van der Waals surface area contributed by atoms with E-state index in [4.69, 9.17) is 0 Å². The van der Waals surface area contributed by atoms with Crippen molar-refractivity contribution in [1.82, 2.24) is 4.98 Å². The molecular formula is C11H14N2OS. The fourth-order valence-corrected chi connectivity index (χ4v) is 3.58. The Morgan fingerprint density at radius 2 is 2.40 bits per heavy atom. The molecule has 2 aliphatic rings. The number of hydrogen-bond acceptors (Lipinski definition) is 3. The van der Waals surface area contributed by atoms with Crippen LogP contribution in [-0.2, 0) is 4.79 Å². The number of anilines is 1. The highest BCUT2D eigenvalue weighted by molar-refractivity contribution is 7.13. The second-order valence-corrected chi connectivity index (χ2v) is 5.50. The highest BCUT2D eigenvalue weighted by atomic mass is 32.1. The summed E-state index contributed by atoms with van der Waals surface area (Å²) >= 11 is 1.49. The number of nitrogens with one attached hydrogen (secondary N) is 1. The molecule has 1 heterocycles. The predicted octanol–water partition coefficient (Wildman–Crippen LogP) is 2.52. The Kier molecular flexibility index (Phi) is 2.24. The van der Waals surface area contributed by atoms with E-state index >= 15 is 0 Å². The Bertz CT molecular complexity index is 363. The topological polar surface area (TPSA) is 42.0 Å². The number of carbonyl (C=O) groups is 1. The van der Waals surface area contributed by atoms with Crippen molar-refractivity contribution in [2.24, 2.45) is 17.8 Å². The summed E-state index contributed by atoms with van der Waals surface area (Å²) in [5.41, 5.74) is 0. The van der Waals surface area contributed by atoms with Crippen molar-refractivity contribution in [3.05, 3.63) is 11.6 Å². The maximum Gasteiger partial charge on any atom is 0.229 e. The summed E-state index contributed by atoms with van der Waals surface area (Å²) in [5.74, 6) is 1.92. The molecule has 0 saturated heterocycles. The molecule has 0 aromatic carbocycles. The van der Waals surface area contributed by atoms with Gasteiger partial charge < -0.3 is 5.32 Å². The molecule has 3 rings (SSSR count). The largest absolute Gasteiger partial charge is 0.302 e. The Hall–Kier alpha value is -0.900. The van der Waals surface area contributed by atoms with E-state index in [1.807, 2.05) is 5.38 Å². The highest BCUT2D eigenvalue weighted by Gasteiger charge is 2.43. The average molecular weight is 222 g/mol. The van der Waals surface area contributed by atoms with Crippen LogP contribution in [0.3, 0.4) is 0 Å². The van der Waals surface area contributed by atoms with Gasteiger partial charge in [0.25, 0.3) is 0 Å². The van der Waals surface area contributed by atoms with E-state index in [0.29, 0.717) is 5.92 Å². The monoisotopic (exact) mass is 222 g/mol. The molecule has 3 nitrogen and oxygen atoms in total. The van der Waals surface area contributed by atoms with Crippen molar-refractivity contribution in [2.75, 3.05) is 5.32 Å². The second kappa shape index (κ2) is 3.59. The van der Waals surface area contributed by atoms with E-state index in [0.717, 1.165) is 17.5 Å². The Balaban J connectivity index is 1.66. The summed E-state index contributed by atoms with van der Waals surface area (Å²) < 4.78 is 0. The van der Waals surface area contributed by atoms with Crippen molar-refractivity contribution in [2.45, 2.75) is 25.7 Å². The molecule has 0 radical (unpaired) electrons. The predicted molar refractivity (Wildman–Crippen MR) is 59.7 cm³/mol. The van der Waals surface area contributed by atoms with Crippen LogP contribution in [0.2, 0.25) is 0 Å². The highest BCUT2D eigenvalue weighted by Crippen LogP contribution is 2.48. The van der Waals surface area contributed by atoms with Crippen molar-refractivity contribution < 1.29 is 4.79 Å². The lowest BCUT2D eigenvalue weighted by atomic mass is 9.88. The lowest BCUT2D eigenvalue weighted by Crippen LogP contribution is -2.27. The Labute approximate surface area is 92.9 Å². The third-order valence-electron chi connectivity index (χ3n) is 3.74. The molecule has 4 heteroatoms. The van der Waals surface area contributed by atoms with Crippen LogP contribution in [0.15, 0.2) is 11.6 Å². The molecule has 0 spiro atoms. The van der Waals surface area contributed by atoms with Gasteiger partial charge in [-0.15, -0.1) is 11.3 Å². The zero-order valence-corrected chi connectivity index (χ0v) is 9.30. The molecule has 0 aliphatic heterocycles. The number of rotatable bonds is 2. The zero-order valence-electron chi connectivity index (χ0n) is 8.48. The van der Waals surface area contributed by atoms with Gasteiger partial charge in [-0.1, -0.05) is 6.42 Å². The smallest absolute Gasteiger partial charge is 0.229 e. The first-order valence-corrected chi connectivity index (χ1v) is 6.41. The van der Waals surface area contributed by atoms with E-state index < -0.39 is 0 Å². The fraction of sp³-hybridized carbons (Fsp3) is 0.636. The molecule has 2 fully saturated rings. The van der Waals surface area contributed by atoms with Gasteiger partial charge >= 0.3 is 0 Å². The van der Waals surface area contributed by atoms with Gasteiger partial charge in [-0.05, 0) is 31.1 Å². The Morgan fingerprint density at radius 1 is 1.47 bits per heavy atom. The lowest BCUT2D eigenvalue weighted by molar-refractivity contribution is -0.121. The van der Waals surface area contributed by atoms with Crippen molar-refractivity contribution in [1.29, 1.82) is 0 Å². The number of carbonyl (C=O) groups excluding carboxylic acids is 1.